The van der Waals surface area contributed by atoms with Crippen LogP contribution < -0.4 is 5.73 Å². The average Bonchev–Trinajstić information content (AvgIpc) is 2.31. The van der Waals surface area contributed by atoms with E-state index in [9.17, 15) is 9.90 Å². The smallest absolute Gasteiger partial charge is 0.224 e. The van der Waals surface area contributed by atoms with Gasteiger partial charge in [0.15, 0.2) is 0 Å². The molecule has 0 bridgehead atoms. The topological polar surface area (TPSA) is 63.3 Å². The van der Waals surface area contributed by atoms with Gasteiger partial charge in [0.1, 0.15) is 0 Å². The summed E-state index contributed by atoms with van der Waals surface area (Å²) in [6, 6.07) is 9.45. The summed E-state index contributed by atoms with van der Waals surface area (Å²) in [6.07, 6.45) is 2.11. The third-order valence-electron chi connectivity index (χ3n) is 3.28. The number of amides is 1. The Hall–Kier alpha value is -1.61. The van der Waals surface area contributed by atoms with E-state index in [1.54, 1.807) is 13.0 Å². The number of benzene rings is 1. The fourth-order valence-corrected chi connectivity index (χ4v) is 2.07. The van der Waals surface area contributed by atoms with Crippen LogP contribution in [0.2, 0.25) is 0 Å². The van der Waals surface area contributed by atoms with Gasteiger partial charge in [0.25, 0.3) is 0 Å². The van der Waals surface area contributed by atoms with Gasteiger partial charge in [0, 0.05) is 5.92 Å². The zero-order valence-electron chi connectivity index (χ0n) is 10.1. The van der Waals surface area contributed by atoms with E-state index < -0.39 is 11.3 Å². The van der Waals surface area contributed by atoms with Crippen molar-refractivity contribution >= 4 is 5.91 Å². The van der Waals surface area contributed by atoms with E-state index in [4.69, 9.17) is 5.73 Å². The van der Waals surface area contributed by atoms with Crippen molar-refractivity contribution in [3.63, 3.8) is 0 Å². The van der Waals surface area contributed by atoms with E-state index >= 15 is 0 Å². The summed E-state index contributed by atoms with van der Waals surface area (Å²) < 4.78 is 0. The summed E-state index contributed by atoms with van der Waals surface area (Å²) in [5.41, 5.74) is 5.58. The maximum atomic E-state index is 11.6. The summed E-state index contributed by atoms with van der Waals surface area (Å²) >= 11 is 0. The highest BCUT2D eigenvalue weighted by Crippen LogP contribution is 2.38. The molecule has 1 aromatic rings. The van der Waals surface area contributed by atoms with Crippen molar-refractivity contribution < 1.29 is 9.90 Å². The van der Waals surface area contributed by atoms with Gasteiger partial charge in [0.2, 0.25) is 5.91 Å². The SMILES string of the molecule is C=CCC(C)(C(N)=O)[C@H](CO)c1ccccc1. The van der Waals surface area contributed by atoms with Crippen LogP contribution in [0.15, 0.2) is 43.0 Å². The normalized spacial score (nSPS) is 15.9. The highest BCUT2D eigenvalue weighted by Gasteiger charge is 2.39. The molecule has 3 heteroatoms. The van der Waals surface area contributed by atoms with Crippen molar-refractivity contribution in [2.45, 2.75) is 19.3 Å². The second-order valence-electron chi connectivity index (χ2n) is 4.42. The Morgan fingerprint density at radius 1 is 1.53 bits per heavy atom. The molecule has 0 aromatic heterocycles. The summed E-state index contributed by atoms with van der Waals surface area (Å²) in [5, 5.41) is 9.55. The number of nitrogens with two attached hydrogens (primary N) is 1. The van der Waals surface area contributed by atoms with Gasteiger partial charge in [-0.2, -0.15) is 0 Å². The monoisotopic (exact) mass is 233 g/mol. The number of hydrogen-bond donors (Lipinski definition) is 2. The Labute approximate surface area is 102 Å². The minimum absolute atomic E-state index is 0.114. The van der Waals surface area contributed by atoms with Gasteiger partial charge in [-0.25, -0.2) is 0 Å². The Kier molecular flexibility index (Phi) is 4.46. The van der Waals surface area contributed by atoms with Gasteiger partial charge in [-0.1, -0.05) is 36.4 Å². The third-order valence-corrected chi connectivity index (χ3v) is 3.28. The molecule has 1 aromatic carbocycles. The molecule has 0 saturated carbocycles. The largest absolute Gasteiger partial charge is 0.396 e. The van der Waals surface area contributed by atoms with Gasteiger partial charge in [0.05, 0.1) is 12.0 Å². The maximum absolute atomic E-state index is 11.6. The first-order chi connectivity index (χ1) is 8.06. The van der Waals surface area contributed by atoms with E-state index in [1.807, 2.05) is 30.3 Å². The van der Waals surface area contributed by atoms with Crippen LogP contribution in [0.3, 0.4) is 0 Å². The maximum Gasteiger partial charge on any atom is 0.224 e. The molecule has 0 aliphatic carbocycles. The van der Waals surface area contributed by atoms with Gasteiger partial charge in [-0.3, -0.25) is 4.79 Å². The number of aliphatic hydroxyl groups is 1. The van der Waals surface area contributed by atoms with Gasteiger partial charge in [-0.15, -0.1) is 6.58 Å². The molecular weight excluding hydrogens is 214 g/mol. The minimum atomic E-state index is -0.808. The number of allylic oxidation sites excluding steroid dienone is 1. The highest BCUT2D eigenvalue weighted by atomic mass is 16.3. The van der Waals surface area contributed by atoms with Crippen molar-refractivity contribution in [3.8, 4) is 0 Å². The van der Waals surface area contributed by atoms with E-state index in [1.165, 1.54) is 0 Å². The van der Waals surface area contributed by atoms with Crippen LogP contribution in [0.4, 0.5) is 0 Å². The van der Waals surface area contributed by atoms with Gasteiger partial charge in [-0.05, 0) is 18.9 Å². The average molecular weight is 233 g/mol. The Morgan fingerprint density at radius 2 is 2.12 bits per heavy atom. The first-order valence-corrected chi connectivity index (χ1v) is 5.63. The molecule has 92 valence electrons. The molecule has 0 aliphatic heterocycles. The number of carbonyl (C=O) groups is 1. The zero-order chi connectivity index (χ0) is 12.9. The molecule has 0 radical (unpaired) electrons. The molecule has 0 heterocycles. The Bertz CT molecular complexity index is 388. The van der Waals surface area contributed by atoms with Crippen LogP contribution in [0.5, 0.6) is 0 Å². The molecule has 1 amide bonds. The van der Waals surface area contributed by atoms with Crippen molar-refractivity contribution in [2.24, 2.45) is 11.1 Å². The van der Waals surface area contributed by atoms with E-state index in [-0.39, 0.29) is 12.5 Å². The number of primary amides is 1. The van der Waals surface area contributed by atoms with Crippen LogP contribution >= 0.6 is 0 Å². The minimum Gasteiger partial charge on any atom is -0.396 e. The molecule has 1 unspecified atom stereocenters. The molecule has 0 fully saturated rings. The number of hydrogen-bond acceptors (Lipinski definition) is 2. The van der Waals surface area contributed by atoms with Crippen LogP contribution in [0.1, 0.15) is 24.8 Å². The van der Waals surface area contributed by atoms with Crippen molar-refractivity contribution in [3.05, 3.63) is 48.6 Å². The standard InChI is InChI=1S/C14H19NO2/c1-3-9-14(2,13(15)17)12(10-16)11-7-5-4-6-8-11/h3-8,12,16H,1,9-10H2,2H3,(H2,15,17)/t12-,14?/m1/s1. The predicted molar refractivity (Wildman–Crippen MR) is 68.4 cm³/mol. The quantitative estimate of drug-likeness (QED) is 0.736. The van der Waals surface area contributed by atoms with Crippen molar-refractivity contribution in [1.82, 2.24) is 0 Å². The lowest BCUT2D eigenvalue weighted by molar-refractivity contribution is -0.128. The van der Waals surface area contributed by atoms with Crippen LogP contribution in [-0.4, -0.2) is 17.6 Å². The summed E-state index contributed by atoms with van der Waals surface area (Å²) in [6.45, 7) is 5.30. The van der Waals surface area contributed by atoms with Gasteiger partial charge >= 0.3 is 0 Å². The molecule has 2 atom stereocenters. The van der Waals surface area contributed by atoms with Gasteiger partial charge < -0.3 is 10.8 Å². The van der Waals surface area contributed by atoms with Crippen molar-refractivity contribution in [1.29, 1.82) is 0 Å². The Morgan fingerprint density at radius 3 is 2.53 bits per heavy atom. The lowest BCUT2D eigenvalue weighted by atomic mass is 9.71. The molecule has 0 spiro atoms. The second kappa shape index (κ2) is 5.64. The summed E-state index contributed by atoms with van der Waals surface area (Å²) in [7, 11) is 0. The van der Waals surface area contributed by atoms with Crippen LogP contribution in [0, 0.1) is 5.41 Å². The first-order valence-electron chi connectivity index (χ1n) is 5.63. The molecule has 3 N–H and O–H groups in total. The predicted octanol–water partition coefficient (Wildman–Crippen LogP) is 1.83. The van der Waals surface area contributed by atoms with E-state index in [0.717, 1.165) is 5.56 Å². The first kappa shape index (κ1) is 13.5. The fourth-order valence-electron chi connectivity index (χ4n) is 2.07. The molecule has 1 rings (SSSR count). The third kappa shape index (κ3) is 2.74. The van der Waals surface area contributed by atoms with E-state index in [0.29, 0.717) is 6.42 Å². The van der Waals surface area contributed by atoms with Crippen LogP contribution in [0.25, 0.3) is 0 Å². The molecule has 3 nitrogen and oxygen atoms in total. The molecular formula is C14H19NO2. The van der Waals surface area contributed by atoms with Crippen molar-refractivity contribution in [2.75, 3.05) is 6.61 Å². The molecule has 17 heavy (non-hydrogen) atoms. The second-order valence-corrected chi connectivity index (χ2v) is 4.42. The zero-order valence-corrected chi connectivity index (χ0v) is 10.1. The van der Waals surface area contributed by atoms with E-state index in [2.05, 4.69) is 6.58 Å². The fraction of sp³-hybridized carbons (Fsp3) is 0.357. The summed E-state index contributed by atoms with van der Waals surface area (Å²) in [5.74, 6) is -0.723. The highest BCUT2D eigenvalue weighted by molar-refractivity contribution is 5.82. The molecule has 0 saturated heterocycles. The number of carbonyl (C=O) groups excluding carboxylic acids is 1. The molecule has 0 aliphatic rings. The number of rotatable bonds is 6. The summed E-state index contributed by atoms with van der Waals surface area (Å²) in [4.78, 5) is 11.6. The lowest BCUT2D eigenvalue weighted by Gasteiger charge is -2.33. The lowest BCUT2D eigenvalue weighted by Crippen LogP contribution is -2.40. The van der Waals surface area contributed by atoms with Crippen LogP contribution in [-0.2, 0) is 4.79 Å². The Balaban J connectivity index is 3.15. The number of aliphatic hydroxyl groups excluding tert-OH is 1.